The molecule has 27 heavy (non-hydrogen) atoms. The maximum atomic E-state index is 13.3. The van der Waals surface area contributed by atoms with Crippen LogP contribution in [0.2, 0.25) is 0 Å². The standard InChI is InChI=1S/C18H24FN3O3S2/c1-18(2,3)27(24,25)22-13-7-4-11(5-8-13)16(23)21-17-20-14-9-6-12(19)10-15(14)26-17/h6,9-11,13,22H,4-5,7-8H2,1-3H3,(H,20,21,23)/t11-,13-. The predicted molar refractivity (Wildman–Crippen MR) is 106 cm³/mol. The molecule has 2 N–H and O–H groups in total. The van der Waals surface area contributed by atoms with Crippen molar-refractivity contribution >= 4 is 42.6 Å². The third-order valence-corrected chi connectivity index (χ3v) is 8.00. The number of nitrogens with zero attached hydrogens (tertiary/aromatic N) is 1. The number of anilines is 1. The van der Waals surface area contributed by atoms with Crippen LogP contribution >= 0.6 is 11.3 Å². The fraction of sp³-hybridized carbons (Fsp3) is 0.556. The molecule has 0 unspecified atom stereocenters. The second-order valence-electron chi connectivity index (χ2n) is 7.90. The Labute approximate surface area is 162 Å². The van der Waals surface area contributed by atoms with Gasteiger partial charge in [-0.2, -0.15) is 0 Å². The lowest BCUT2D eigenvalue weighted by Gasteiger charge is -2.30. The fourth-order valence-corrected chi connectivity index (χ4v) is 4.95. The third kappa shape index (κ3) is 4.64. The zero-order chi connectivity index (χ0) is 19.8. The van der Waals surface area contributed by atoms with Crippen molar-refractivity contribution in [2.75, 3.05) is 5.32 Å². The zero-order valence-corrected chi connectivity index (χ0v) is 17.2. The number of carbonyl (C=O) groups is 1. The van der Waals surface area contributed by atoms with Gasteiger partial charge in [-0.25, -0.2) is 22.5 Å². The molecule has 2 aromatic rings. The summed E-state index contributed by atoms with van der Waals surface area (Å²) in [6, 6.07) is 4.19. The molecule has 0 atom stereocenters. The molecule has 1 aromatic carbocycles. The van der Waals surface area contributed by atoms with E-state index in [9.17, 15) is 17.6 Å². The average molecular weight is 414 g/mol. The van der Waals surface area contributed by atoms with Crippen molar-refractivity contribution in [3.8, 4) is 0 Å². The van der Waals surface area contributed by atoms with Crippen LogP contribution in [0.4, 0.5) is 9.52 Å². The summed E-state index contributed by atoms with van der Waals surface area (Å²) in [5.41, 5.74) is 0.650. The largest absolute Gasteiger partial charge is 0.302 e. The molecule has 0 aliphatic heterocycles. The van der Waals surface area contributed by atoms with Crippen molar-refractivity contribution < 1.29 is 17.6 Å². The fourth-order valence-electron chi connectivity index (χ4n) is 3.03. The number of halogens is 1. The highest BCUT2D eigenvalue weighted by molar-refractivity contribution is 7.90. The molecule has 1 aliphatic rings. The van der Waals surface area contributed by atoms with Crippen LogP contribution in [0.25, 0.3) is 10.2 Å². The Hall–Kier alpha value is -1.58. The SMILES string of the molecule is CC(C)(C)S(=O)(=O)N[C@H]1CC[C@H](C(=O)Nc2nc3ccc(F)cc3s2)CC1. The van der Waals surface area contributed by atoms with Crippen LogP contribution < -0.4 is 10.0 Å². The van der Waals surface area contributed by atoms with Gasteiger partial charge in [-0.1, -0.05) is 11.3 Å². The number of fused-ring (bicyclic) bond motifs is 1. The summed E-state index contributed by atoms with van der Waals surface area (Å²) < 4.78 is 40.4. The van der Waals surface area contributed by atoms with Gasteiger partial charge in [0.15, 0.2) is 5.13 Å². The van der Waals surface area contributed by atoms with E-state index in [1.165, 1.54) is 23.5 Å². The summed E-state index contributed by atoms with van der Waals surface area (Å²) >= 11 is 1.24. The summed E-state index contributed by atoms with van der Waals surface area (Å²) in [4.78, 5) is 16.8. The number of amides is 1. The van der Waals surface area contributed by atoms with Gasteiger partial charge in [-0.15, -0.1) is 0 Å². The predicted octanol–water partition coefficient (Wildman–Crippen LogP) is 3.65. The number of thiazole rings is 1. The van der Waals surface area contributed by atoms with Gasteiger partial charge in [0.05, 0.1) is 15.0 Å². The van der Waals surface area contributed by atoms with Gasteiger partial charge in [0, 0.05) is 12.0 Å². The van der Waals surface area contributed by atoms with Crippen molar-refractivity contribution in [3.63, 3.8) is 0 Å². The van der Waals surface area contributed by atoms with E-state index < -0.39 is 14.8 Å². The number of rotatable bonds is 4. The van der Waals surface area contributed by atoms with E-state index in [0.29, 0.717) is 41.0 Å². The van der Waals surface area contributed by atoms with Gasteiger partial charge in [-0.05, 0) is 64.7 Å². The number of sulfonamides is 1. The van der Waals surface area contributed by atoms with E-state index in [2.05, 4.69) is 15.0 Å². The second kappa shape index (κ2) is 7.44. The Morgan fingerprint density at radius 1 is 1.22 bits per heavy atom. The molecule has 1 saturated carbocycles. The van der Waals surface area contributed by atoms with E-state index in [-0.39, 0.29) is 23.7 Å². The Morgan fingerprint density at radius 3 is 2.52 bits per heavy atom. The average Bonchev–Trinajstić information content (AvgIpc) is 2.95. The van der Waals surface area contributed by atoms with E-state index >= 15 is 0 Å². The Kier molecular flexibility index (Phi) is 5.56. The minimum Gasteiger partial charge on any atom is -0.302 e. The number of aromatic nitrogens is 1. The molecule has 0 saturated heterocycles. The van der Waals surface area contributed by atoms with E-state index in [4.69, 9.17) is 0 Å². The molecule has 6 nitrogen and oxygen atoms in total. The van der Waals surface area contributed by atoms with Crippen LogP contribution in [0.15, 0.2) is 18.2 Å². The molecule has 1 amide bonds. The Bertz CT molecular complexity index is 942. The first-order valence-electron chi connectivity index (χ1n) is 8.94. The number of nitrogens with one attached hydrogen (secondary N) is 2. The van der Waals surface area contributed by atoms with Crippen LogP contribution in [0.1, 0.15) is 46.5 Å². The normalized spacial score (nSPS) is 21.3. The van der Waals surface area contributed by atoms with Crippen molar-refractivity contribution in [2.24, 2.45) is 5.92 Å². The second-order valence-corrected chi connectivity index (χ2v) is 11.4. The van der Waals surface area contributed by atoms with Crippen molar-refractivity contribution in [1.82, 2.24) is 9.71 Å². The zero-order valence-electron chi connectivity index (χ0n) is 15.6. The maximum absolute atomic E-state index is 13.3. The maximum Gasteiger partial charge on any atom is 0.229 e. The summed E-state index contributed by atoms with van der Waals surface area (Å²) in [6.45, 7) is 4.99. The van der Waals surface area contributed by atoms with Crippen molar-refractivity contribution in [2.45, 2.75) is 57.2 Å². The summed E-state index contributed by atoms with van der Waals surface area (Å²) in [5.74, 6) is -0.629. The molecular formula is C18H24FN3O3S2. The first kappa shape index (κ1) is 20.2. The number of hydrogen-bond acceptors (Lipinski definition) is 5. The topological polar surface area (TPSA) is 88.2 Å². The molecule has 1 aromatic heterocycles. The first-order chi connectivity index (χ1) is 12.5. The smallest absolute Gasteiger partial charge is 0.229 e. The number of hydrogen-bond donors (Lipinski definition) is 2. The highest BCUT2D eigenvalue weighted by Gasteiger charge is 2.34. The van der Waals surface area contributed by atoms with E-state index in [0.717, 1.165) is 0 Å². The molecular weight excluding hydrogens is 389 g/mol. The van der Waals surface area contributed by atoms with Gasteiger partial charge in [0.25, 0.3) is 0 Å². The molecule has 0 radical (unpaired) electrons. The highest BCUT2D eigenvalue weighted by atomic mass is 32.2. The van der Waals surface area contributed by atoms with Gasteiger partial charge < -0.3 is 5.32 Å². The molecule has 0 spiro atoms. The van der Waals surface area contributed by atoms with Gasteiger partial charge in [0.2, 0.25) is 15.9 Å². The molecule has 0 bridgehead atoms. The van der Waals surface area contributed by atoms with Crippen LogP contribution in [-0.2, 0) is 14.8 Å². The van der Waals surface area contributed by atoms with Crippen LogP contribution in [0, 0.1) is 11.7 Å². The molecule has 9 heteroatoms. The minimum atomic E-state index is -3.39. The van der Waals surface area contributed by atoms with Gasteiger partial charge in [-0.3, -0.25) is 4.79 Å². The molecule has 1 fully saturated rings. The summed E-state index contributed by atoms with van der Waals surface area (Å²) in [7, 11) is -3.39. The molecule has 148 valence electrons. The van der Waals surface area contributed by atoms with Crippen molar-refractivity contribution in [3.05, 3.63) is 24.0 Å². The van der Waals surface area contributed by atoms with Gasteiger partial charge >= 0.3 is 0 Å². The van der Waals surface area contributed by atoms with Crippen LogP contribution in [0.5, 0.6) is 0 Å². The lowest BCUT2D eigenvalue weighted by molar-refractivity contribution is -0.120. The quantitative estimate of drug-likeness (QED) is 0.801. The monoisotopic (exact) mass is 413 g/mol. The molecule has 1 aliphatic carbocycles. The molecule has 1 heterocycles. The van der Waals surface area contributed by atoms with E-state index in [1.54, 1.807) is 26.8 Å². The van der Waals surface area contributed by atoms with E-state index in [1.807, 2.05) is 0 Å². The lowest BCUT2D eigenvalue weighted by atomic mass is 9.86. The van der Waals surface area contributed by atoms with Crippen LogP contribution in [0.3, 0.4) is 0 Å². The lowest BCUT2D eigenvalue weighted by Crippen LogP contribution is -2.46. The Morgan fingerprint density at radius 2 is 1.89 bits per heavy atom. The van der Waals surface area contributed by atoms with Gasteiger partial charge in [0.1, 0.15) is 5.82 Å². The minimum absolute atomic E-state index is 0.119. The number of carbonyl (C=O) groups excluding carboxylic acids is 1. The summed E-state index contributed by atoms with van der Waals surface area (Å²) in [5, 5.41) is 3.27. The number of benzene rings is 1. The summed E-state index contributed by atoms with van der Waals surface area (Å²) in [6.07, 6.45) is 2.47. The third-order valence-electron chi connectivity index (χ3n) is 4.81. The van der Waals surface area contributed by atoms with Crippen LogP contribution in [-0.4, -0.2) is 30.1 Å². The Balaban J connectivity index is 1.56. The first-order valence-corrected chi connectivity index (χ1v) is 11.2. The molecule has 3 rings (SSSR count). The van der Waals surface area contributed by atoms with Crippen molar-refractivity contribution in [1.29, 1.82) is 0 Å². The highest BCUT2D eigenvalue weighted by Crippen LogP contribution is 2.30.